The van der Waals surface area contributed by atoms with Crippen molar-refractivity contribution in [2.75, 3.05) is 7.05 Å². The second-order valence-electron chi connectivity index (χ2n) is 8.16. The van der Waals surface area contributed by atoms with Gasteiger partial charge in [0.2, 0.25) is 5.91 Å². The van der Waals surface area contributed by atoms with Crippen LogP contribution in [0.1, 0.15) is 16.7 Å². The highest BCUT2D eigenvalue weighted by Gasteiger charge is 2.33. The molecule has 168 valence electrons. The summed E-state index contributed by atoms with van der Waals surface area (Å²) >= 11 is 0. The van der Waals surface area contributed by atoms with Gasteiger partial charge in [-0.25, -0.2) is 4.79 Å². The zero-order chi connectivity index (χ0) is 23.2. The summed E-state index contributed by atoms with van der Waals surface area (Å²) in [5, 5.41) is 11.1. The summed E-state index contributed by atoms with van der Waals surface area (Å²) in [5.41, 5.74) is 3.70. The van der Waals surface area contributed by atoms with E-state index in [4.69, 9.17) is 0 Å². The van der Waals surface area contributed by atoms with Gasteiger partial charge < -0.3 is 15.0 Å². The molecule has 1 atom stereocenters. The molecule has 0 aliphatic heterocycles. The largest absolute Gasteiger partial charge is 0.465 e. The number of carbonyl (C=O) groups excluding carboxylic acids is 1. The van der Waals surface area contributed by atoms with Crippen LogP contribution in [0, 0.1) is 0 Å². The van der Waals surface area contributed by atoms with Gasteiger partial charge in [-0.05, 0) is 22.8 Å². The van der Waals surface area contributed by atoms with Crippen LogP contribution in [0.2, 0.25) is 0 Å². The van der Waals surface area contributed by atoms with Gasteiger partial charge in [0.1, 0.15) is 6.04 Å². The van der Waals surface area contributed by atoms with Gasteiger partial charge in [-0.15, -0.1) is 0 Å². The lowest BCUT2D eigenvalue weighted by Crippen LogP contribution is -2.50. The molecule has 0 aliphatic carbocycles. The fraction of sp³-hybridized carbons (Fsp3) is 0.185. The molecule has 0 unspecified atom stereocenters. The molecule has 0 bridgehead atoms. The van der Waals surface area contributed by atoms with Crippen LogP contribution in [0.4, 0.5) is 4.79 Å². The number of benzene rings is 3. The van der Waals surface area contributed by atoms with Crippen LogP contribution in [0.15, 0.2) is 91.1 Å². The highest BCUT2D eigenvalue weighted by molar-refractivity contribution is 5.88. The number of para-hydroxylation sites is 1. The minimum absolute atomic E-state index is 0.133. The van der Waals surface area contributed by atoms with Crippen molar-refractivity contribution in [1.29, 1.82) is 0 Å². The van der Waals surface area contributed by atoms with Crippen LogP contribution in [0.25, 0.3) is 10.9 Å². The van der Waals surface area contributed by atoms with Crippen LogP contribution < -0.4 is 0 Å². The van der Waals surface area contributed by atoms with Crippen molar-refractivity contribution >= 4 is 22.9 Å². The maximum absolute atomic E-state index is 13.7. The molecule has 6 nitrogen and oxygen atoms in total. The Morgan fingerprint density at radius 2 is 1.42 bits per heavy atom. The Bertz CT molecular complexity index is 1220. The molecule has 4 aromatic rings. The summed E-state index contributed by atoms with van der Waals surface area (Å²) in [6, 6.07) is 26.0. The van der Waals surface area contributed by atoms with Gasteiger partial charge in [-0.2, -0.15) is 0 Å². The number of nitrogens with one attached hydrogen (secondary N) is 1. The van der Waals surface area contributed by atoms with Gasteiger partial charge >= 0.3 is 6.09 Å². The lowest BCUT2D eigenvalue weighted by molar-refractivity contribution is -0.135. The maximum Gasteiger partial charge on any atom is 0.408 e. The molecular weight excluding hydrogens is 414 g/mol. The fourth-order valence-corrected chi connectivity index (χ4v) is 4.12. The van der Waals surface area contributed by atoms with Crippen molar-refractivity contribution in [2.24, 2.45) is 0 Å². The van der Waals surface area contributed by atoms with Gasteiger partial charge in [0.05, 0.1) is 0 Å². The minimum atomic E-state index is -1.12. The van der Waals surface area contributed by atoms with E-state index in [1.807, 2.05) is 91.1 Å². The van der Waals surface area contributed by atoms with Gasteiger partial charge in [-0.3, -0.25) is 9.69 Å². The minimum Gasteiger partial charge on any atom is -0.465 e. The molecule has 2 N–H and O–H groups in total. The molecule has 6 heteroatoms. The lowest BCUT2D eigenvalue weighted by atomic mass is 10.0. The van der Waals surface area contributed by atoms with Crippen molar-refractivity contribution in [2.45, 2.75) is 25.6 Å². The number of H-pyrrole nitrogens is 1. The molecule has 1 heterocycles. The SMILES string of the molecule is CN(Cc1ccccc1)C(=O)[C@H](Cc1c[nH]c2ccccc12)N(Cc1ccccc1)C(=O)O. The van der Waals surface area contributed by atoms with Crippen molar-refractivity contribution in [3.63, 3.8) is 0 Å². The van der Waals surface area contributed by atoms with Gasteiger partial charge in [-0.1, -0.05) is 78.9 Å². The molecule has 0 saturated heterocycles. The van der Waals surface area contributed by atoms with Crippen LogP contribution in [0.3, 0.4) is 0 Å². The second-order valence-corrected chi connectivity index (χ2v) is 8.16. The number of aromatic nitrogens is 1. The molecule has 1 aromatic heterocycles. The number of carbonyl (C=O) groups is 2. The number of likely N-dealkylation sites (N-methyl/N-ethyl adjacent to an activating group) is 1. The number of aromatic amines is 1. The first-order chi connectivity index (χ1) is 16.0. The van der Waals surface area contributed by atoms with Crippen molar-refractivity contribution in [1.82, 2.24) is 14.8 Å². The summed E-state index contributed by atoms with van der Waals surface area (Å²) in [6.07, 6.45) is 1.02. The van der Waals surface area contributed by atoms with E-state index in [1.54, 1.807) is 11.9 Å². The molecule has 0 spiro atoms. The van der Waals surface area contributed by atoms with E-state index in [0.717, 1.165) is 27.6 Å². The Morgan fingerprint density at radius 3 is 2.06 bits per heavy atom. The molecule has 33 heavy (non-hydrogen) atoms. The van der Waals surface area contributed by atoms with Crippen LogP contribution in [-0.4, -0.2) is 45.0 Å². The monoisotopic (exact) mass is 441 g/mol. The average molecular weight is 442 g/mol. The molecule has 0 radical (unpaired) electrons. The Balaban J connectivity index is 1.66. The summed E-state index contributed by atoms with van der Waals surface area (Å²) in [6.45, 7) is 0.539. The smallest absolute Gasteiger partial charge is 0.408 e. The first-order valence-corrected chi connectivity index (χ1v) is 10.9. The normalized spacial score (nSPS) is 11.8. The highest BCUT2D eigenvalue weighted by Crippen LogP contribution is 2.23. The predicted molar refractivity (Wildman–Crippen MR) is 129 cm³/mol. The molecule has 0 saturated carbocycles. The third-order valence-corrected chi connectivity index (χ3v) is 5.83. The van der Waals surface area contributed by atoms with E-state index in [2.05, 4.69) is 4.98 Å². The van der Waals surface area contributed by atoms with E-state index in [0.29, 0.717) is 6.54 Å². The Hall–Kier alpha value is -4.06. The average Bonchev–Trinajstić information content (AvgIpc) is 3.25. The Kier molecular flexibility index (Phi) is 6.74. The Morgan fingerprint density at radius 1 is 0.848 bits per heavy atom. The van der Waals surface area contributed by atoms with Gasteiger partial charge in [0, 0.05) is 43.7 Å². The number of hydrogen-bond donors (Lipinski definition) is 2. The number of nitrogens with zero attached hydrogens (tertiary/aromatic N) is 2. The maximum atomic E-state index is 13.7. The molecule has 0 fully saturated rings. The lowest BCUT2D eigenvalue weighted by Gasteiger charge is -2.32. The zero-order valence-electron chi connectivity index (χ0n) is 18.5. The third-order valence-electron chi connectivity index (χ3n) is 5.83. The van der Waals surface area contributed by atoms with E-state index < -0.39 is 12.1 Å². The van der Waals surface area contributed by atoms with Crippen molar-refractivity contribution in [3.8, 4) is 0 Å². The van der Waals surface area contributed by atoms with Crippen LogP contribution in [-0.2, 0) is 24.3 Å². The summed E-state index contributed by atoms with van der Waals surface area (Å²) in [5.74, 6) is -0.234. The van der Waals surface area contributed by atoms with Gasteiger partial charge in [0.25, 0.3) is 0 Å². The van der Waals surface area contributed by atoms with Crippen molar-refractivity contribution in [3.05, 3.63) is 108 Å². The van der Waals surface area contributed by atoms with E-state index >= 15 is 0 Å². The van der Waals surface area contributed by atoms with Crippen LogP contribution in [0.5, 0.6) is 0 Å². The molecule has 4 rings (SSSR count). The molecule has 0 aliphatic rings. The quantitative estimate of drug-likeness (QED) is 0.408. The van der Waals surface area contributed by atoms with E-state index in [1.165, 1.54) is 4.90 Å². The first-order valence-electron chi connectivity index (χ1n) is 10.9. The number of amides is 2. The number of fused-ring (bicyclic) bond motifs is 1. The summed E-state index contributed by atoms with van der Waals surface area (Å²) in [4.78, 5) is 32.1. The fourth-order valence-electron chi connectivity index (χ4n) is 4.12. The molecule has 2 amide bonds. The topological polar surface area (TPSA) is 76.6 Å². The standard InChI is InChI=1S/C27H27N3O3/c1-29(18-20-10-4-2-5-11-20)26(31)25(16-22-17-28-24-15-9-8-14-23(22)24)30(27(32)33)19-21-12-6-3-7-13-21/h2-15,17,25,28H,16,18-19H2,1H3,(H,32,33)/t25-/m0/s1. The molecular formula is C27H27N3O3. The highest BCUT2D eigenvalue weighted by atomic mass is 16.4. The summed E-state index contributed by atoms with van der Waals surface area (Å²) < 4.78 is 0. The zero-order valence-corrected chi connectivity index (χ0v) is 18.5. The predicted octanol–water partition coefficient (Wildman–Crippen LogP) is 4.92. The van der Waals surface area contributed by atoms with Gasteiger partial charge in [0.15, 0.2) is 0 Å². The number of rotatable bonds is 8. The Labute approximate surface area is 193 Å². The first kappa shape index (κ1) is 22.1. The third kappa shape index (κ3) is 5.23. The number of hydrogen-bond acceptors (Lipinski definition) is 2. The van der Waals surface area contributed by atoms with E-state index in [9.17, 15) is 14.7 Å². The number of carboxylic acid groups (broad SMARTS) is 1. The molecule has 3 aromatic carbocycles. The van der Waals surface area contributed by atoms with Crippen LogP contribution >= 0.6 is 0 Å². The summed E-state index contributed by atoms with van der Waals surface area (Å²) in [7, 11) is 1.72. The second kappa shape index (κ2) is 10.0. The van der Waals surface area contributed by atoms with E-state index in [-0.39, 0.29) is 18.9 Å². The van der Waals surface area contributed by atoms with Crippen molar-refractivity contribution < 1.29 is 14.7 Å².